The van der Waals surface area contributed by atoms with Gasteiger partial charge in [-0.3, -0.25) is 9.00 Å². The third-order valence-electron chi connectivity index (χ3n) is 2.65. The maximum atomic E-state index is 13.1. The summed E-state index contributed by atoms with van der Waals surface area (Å²) < 4.78 is 24.6. The van der Waals surface area contributed by atoms with Crippen LogP contribution in [-0.4, -0.2) is 33.8 Å². The fourth-order valence-electron chi connectivity index (χ4n) is 1.46. The van der Waals surface area contributed by atoms with Crippen molar-refractivity contribution in [1.82, 2.24) is 5.32 Å². The third-order valence-corrected chi connectivity index (χ3v) is 4.09. The maximum Gasteiger partial charge on any atom is 0.220 e. The highest BCUT2D eigenvalue weighted by Gasteiger charge is 2.51. The fourth-order valence-corrected chi connectivity index (χ4v) is 2.95. The van der Waals surface area contributed by atoms with Gasteiger partial charge in [0.1, 0.15) is 5.67 Å². The van der Waals surface area contributed by atoms with Gasteiger partial charge in [0.2, 0.25) is 5.91 Å². The molecule has 0 saturated heterocycles. The van der Waals surface area contributed by atoms with Gasteiger partial charge in [-0.25, -0.2) is 4.39 Å². The summed E-state index contributed by atoms with van der Waals surface area (Å²) in [6, 6.07) is 0. The Morgan fingerprint density at radius 3 is 2.73 bits per heavy atom. The van der Waals surface area contributed by atoms with E-state index in [0.29, 0.717) is 24.5 Å². The van der Waals surface area contributed by atoms with Gasteiger partial charge < -0.3 is 5.32 Å². The molecule has 1 saturated carbocycles. The average Bonchev–Trinajstić information content (AvgIpc) is 2.71. The number of rotatable bonds is 6. The van der Waals surface area contributed by atoms with E-state index in [1.165, 1.54) is 0 Å². The second-order valence-electron chi connectivity index (χ2n) is 4.19. The normalized spacial score (nSPS) is 31.0. The summed E-state index contributed by atoms with van der Waals surface area (Å²) in [6.07, 6.45) is 0.788. The maximum absolute atomic E-state index is 13.1. The molecule has 0 aromatic rings. The van der Waals surface area contributed by atoms with Crippen LogP contribution in [0.4, 0.5) is 4.39 Å². The molecule has 1 aliphatic carbocycles. The quantitative estimate of drug-likeness (QED) is 0.747. The van der Waals surface area contributed by atoms with Crippen LogP contribution in [0, 0.1) is 5.92 Å². The lowest BCUT2D eigenvalue weighted by Gasteiger charge is -2.03. The van der Waals surface area contributed by atoms with E-state index >= 15 is 0 Å². The Hall–Kier alpha value is -0.450. The van der Waals surface area contributed by atoms with Gasteiger partial charge >= 0.3 is 0 Å². The van der Waals surface area contributed by atoms with Crippen LogP contribution in [0.5, 0.6) is 0 Å². The molecule has 0 aromatic carbocycles. The van der Waals surface area contributed by atoms with Crippen molar-refractivity contribution in [2.45, 2.75) is 32.4 Å². The highest BCUT2D eigenvalue weighted by molar-refractivity contribution is 7.85. The Bertz CT molecular complexity index is 268. The number of nitrogens with one attached hydrogen (secondary N) is 1. The summed E-state index contributed by atoms with van der Waals surface area (Å²) in [6.45, 7) is 3.98. The lowest BCUT2D eigenvalue weighted by Crippen LogP contribution is -2.24. The molecule has 88 valence electrons. The van der Waals surface area contributed by atoms with Crippen LogP contribution in [0.2, 0.25) is 0 Å². The van der Waals surface area contributed by atoms with Crippen LogP contribution in [0.3, 0.4) is 0 Å². The van der Waals surface area contributed by atoms with E-state index in [-0.39, 0.29) is 18.2 Å². The summed E-state index contributed by atoms with van der Waals surface area (Å²) in [5.41, 5.74) is -1.11. The van der Waals surface area contributed by atoms with E-state index in [0.717, 1.165) is 0 Å². The molecule has 0 aliphatic heterocycles. The summed E-state index contributed by atoms with van der Waals surface area (Å²) >= 11 is 0. The van der Waals surface area contributed by atoms with Gasteiger partial charge in [-0.1, -0.05) is 0 Å². The zero-order valence-corrected chi connectivity index (χ0v) is 10.0. The Morgan fingerprint density at radius 1 is 1.67 bits per heavy atom. The van der Waals surface area contributed by atoms with Crippen LogP contribution in [0.15, 0.2) is 0 Å². The zero-order valence-electron chi connectivity index (χ0n) is 9.22. The van der Waals surface area contributed by atoms with Crippen molar-refractivity contribution in [2.75, 3.05) is 18.1 Å². The molecule has 1 aliphatic rings. The van der Waals surface area contributed by atoms with E-state index in [4.69, 9.17) is 0 Å². The van der Waals surface area contributed by atoms with Crippen molar-refractivity contribution in [2.24, 2.45) is 5.92 Å². The highest BCUT2D eigenvalue weighted by atomic mass is 32.2. The Balaban J connectivity index is 2.12. The van der Waals surface area contributed by atoms with Crippen LogP contribution >= 0.6 is 0 Å². The molecular weight excluding hydrogens is 217 g/mol. The van der Waals surface area contributed by atoms with E-state index in [1.54, 1.807) is 6.92 Å². The van der Waals surface area contributed by atoms with E-state index in [9.17, 15) is 13.4 Å². The van der Waals surface area contributed by atoms with E-state index < -0.39 is 16.5 Å². The molecule has 3 unspecified atom stereocenters. The molecule has 1 N–H and O–H groups in total. The first-order chi connectivity index (χ1) is 6.95. The number of amides is 1. The standard InChI is InChI=1S/C10H18FNO2S/c1-3-12-9(13)4-5-15(14)7-8-6-10(8,2)11/h8H,3-7H2,1-2H3,(H,12,13). The third kappa shape index (κ3) is 4.28. The molecule has 0 radical (unpaired) electrons. The van der Waals surface area contributed by atoms with Gasteiger partial charge in [0.15, 0.2) is 0 Å². The molecule has 15 heavy (non-hydrogen) atoms. The molecule has 0 aromatic heterocycles. The number of carbonyl (C=O) groups excluding carboxylic acids is 1. The van der Waals surface area contributed by atoms with Crippen LogP contribution < -0.4 is 5.32 Å². The lowest BCUT2D eigenvalue weighted by atomic mass is 10.3. The van der Waals surface area contributed by atoms with Gasteiger partial charge in [-0.05, 0) is 20.3 Å². The number of halogens is 1. The number of hydrogen-bond acceptors (Lipinski definition) is 2. The van der Waals surface area contributed by atoms with Gasteiger partial charge in [-0.15, -0.1) is 0 Å². The van der Waals surface area contributed by atoms with Crippen LogP contribution in [-0.2, 0) is 15.6 Å². The minimum absolute atomic E-state index is 0.0624. The average molecular weight is 235 g/mol. The van der Waals surface area contributed by atoms with E-state index in [2.05, 4.69) is 5.32 Å². The van der Waals surface area contributed by atoms with Crippen molar-refractivity contribution in [3.05, 3.63) is 0 Å². The summed E-state index contributed by atoms with van der Waals surface area (Å²) in [5, 5.41) is 2.64. The molecule has 3 atom stereocenters. The van der Waals surface area contributed by atoms with Crippen molar-refractivity contribution < 1.29 is 13.4 Å². The predicted molar refractivity (Wildman–Crippen MR) is 58.8 cm³/mol. The SMILES string of the molecule is CCNC(=O)CCS(=O)CC1CC1(C)F. The summed E-state index contributed by atoms with van der Waals surface area (Å²) in [4.78, 5) is 11.1. The van der Waals surface area contributed by atoms with Crippen molar-refractivity contribution in [1.29, 1.82) is 0 Å². The lowest BCUT2D eigenvalue weighted by molar-refractivity contribution is -0.120. The molecular formula is C10H18FNO2S. The molecule has 1 fully saturated rings. The molecule has 5 heteroatoms. The predicted octanol–water partition coefficient (Wildman–Crippen LogP) is 1.01. The topological polar surface area (TPSA) is 46.2 Å². The van der Waals surface area contributed by atoms with Gasteiger partial charge in [0, 0.05) is 41.2 Å². The van der Waals surface area contributed by atoms with E-state index in [1.807, 2.05) is 6.92 Å². The van der Waals surface area contributed by atoms with Crippen LogP contribution in [0.1, 0.15) is 26.7 Å². The fraction of sp³-hybridized carbons (Fsp3) is 0.900. The first-order valence-corrected chi connectivity index (χ1v) is 6.75. The van der Waals surface area contributed by atoms with Crippen LogP contribution in [0.25, 0.3) is 0 Å². The largest absolute Gasteiger partial charge is 0.356 e. The second-order valence-corrected chi connectivity index (χ2v) is 5.81. The van der Waals surface area contributed by atoms with Gasteiger partial charge in [0.05, 0.1) is 0 Å². The Kier molecular flexibility index (Phi) is 4.25. The molecule has 0 spiro atoms. The monoisotopic (exact) mass is 235 g/mol. The molecule has 3 nitrogen and oxygen atoms in total. The Morgan fingerprint density at radius 2 is 2.27 bits per heavy atom. The molecule has 0 bridgehead atoms. The number of carbonyl (C=O) groups is 1. The van der Waals surface area contributed by atoms with Crippen molar-refractivity contribution >= 4 is 16.7 Å². The van der Waals surface area contributed by atoms with Crippen molar-refractivity contribution in [3.63, 3.8) is 0 Å². The summed E-state index contributed by atoms with van der Waals surface area (Å²) in [7, 11) is -1.06. The number of alkyl halides is 1. The first-order valence-electron chi connectivity index (χ1n) is 5.26. The highest BCUT2D eigenvalue weighted by Crippen LogP contribution is 2.47. The first kappa shape index (κ1) is 12.6. The molecule has 1 amide bonds. The van der Waals surface area contributed by atoms with Gasteiger partial charge in [-0.2, -0.15) is 0 Å². The molecule has 0 heterocycles. The Labute approximate surface area is 92.3 Å². The van der Waals surface area contributed by atoms with Gasteiger partial charge in [0.25, 0.3) is 0 Å². The summed E-state index contributed by atoms with van der Waals surface area (Å²) in [5.74, 6) is 0.599. The smallest absolute Gasteiger partial charge is 0.220 e. The zero-order chi connectivity index (χ0) is 11.5. The second kappa shape index (κ2) is 5.05. The minimum Gasteiger partial charge on any atom is -0.356 e. The molecule has 1 rings (SSSR count). The minimum atomic E-state index is -1.11. The number of hydrogen-bond donors (Lipinski definition) is 1. The van der Waals surface area contributed by atoms with Crippen molar-refractivity contribution in [3.8, 4) is 0 Å².